The molecule has 2 rings (SSSR count). The first kappa shape index (κ1) is 12.8. The third-order valence-corrected chi connectivity index (χ3v) is 3.70. The van der Waals surface area contributed by atoms with Crippen molar-refractivity contribution < 1.29 is 9.50 Å². The van der Waals surface area contributed by atoms with Gasteiger partial charge in [0.25, 0.3) is 0 Å². The van der Waals surface area contributed by atoms with Crippen LogP contribution in [0.5, 0.6) is 0 Å². The highest BCUT2D eigenvalue weighted by Crippen LogP contribution is 2.34. The molecule has 17 heavy (non-hydrogen) atoms. The molecule has 0 bridgehead atoms. The minimum atomic E-state index is -1.06. The lowest BCUT2D eigenvalue weighted by Crippen LogP contribution is -2.28. The number of hydrogen-bond acceptors (Lipinski definition) is 2. The quantitative estimate of drug-likeness (QED) is 0.836. The number of aliphatic hydroxyl groups is 1. The molecule has 1 aliphatic heterocycles. The van der Waals surface area contributed by atoms with Crippen LogP contribution in [0.1, 0.15) is 24.8 Å². The summed E-state index contributed by atoms with van der Waals surface area (Å²) in [5.74, 6) is -0.412. The van der Waals surface area contributed by atoms with Gasteiger partial charge in [-0.25, -0.2) is 4.39 Å². The molecule has 1 aliphatic rings. The van der Waals surface area contributed by atoms with Crippen LogP contribution in [0, 0.1) is 5.82 Å². The van der Waals surface area contributed by atoms with E-state index in [1.165, 1.54) is 6.07 Å². The zero-order valence-corrected chi connectivity index (χ0v) is 10.7. The molecule has 1 unspecified atom stereocenters. The highest BCUT2D eigenvalue weighted by atomic mass is 35.5. The van der Waals surface area contributed by atoms with Gasteiger partial charge >= 0.3 is 0 Å². The van der Waals surface area contributed by atoms with Gasteiger partial charge in [0, 0.05) is 17.1 Å². The van der Waals surface area contributed by atoms with Crippen molar-refractivity contribution in [3.8, 4) is 0 Å². The monoisotopic (exact) mass is 257 g/mol. The molecule has 1 aromatic carbocycles. The first-order valence-corrected chi connectivity index (χ1v) is 6.25. The molecule has 1 N–H and O–H groups in total. The van der Waals surface area contributed by atoms with Crippen molar-refractivity contribution in [1.82, 2.24) is 4.90 Å². The fourth-order valence-electron chi connectivity index (χ4n) is 2.39. The predicted molar refractivity (Wildman–Crippen MR) is 66.7 cm³/mol. The lowest BCUT2D eigenvalue weighted by atomic mass is 9.86. The van der Waals surface area contributed by atoms with Crippen LogP contribution in [0.2, 0.25) is 5.02 Å². The molecule has 1 saturated heterocycles. The lowest BCUT2D eigenvalue weighted by molar-refractivity contribution is 0.0184. The van der Waals surface area contributed by atoms with Crippen LogP contribution in [0.3, 0.4) is 0 Å². The molecular formula is C13H17ClFNO. The second-order valence-electron chi connectivity index (χ2n) is 4.81. The summed E-state index contributed by atoms with van der Waals surface area (Å²) in [7, 11) is 2.02. The van der Waals surface area contributed by atoms with Crippen molar-refractivity contribution in [3.05, 3.63) is 34.6 Å². The van der Waals surface area contributed by atoms with E-state index in [1.807, 2.05) is 7.05 Å². The molecule has 0 spiro atoms. The van der Waals surface area contributed by atoms with Gasteiger partial charge in [-0.1, -0.05) is 17.7 Å². The number of rotatable bonds is 1. The molecule has 0 saturated carbocycles. The van der Waals surface area contributed by atoms with E-state index in [9.17, 15) is 9.50 Å². The van der Waals surface area contributed by atoms with E-state index >= 15 is 0 Å². The van der Waals surface area contributed by atoms with E-state index in [4.69, 9.17) is 11.6 Å². The van der Waals surface area contributed by atoms with Gasteiger partial charge in [-0.05, 0) is 45.0 Å². The van der Waals surface area contributed by atoms with Crippen LogP contribution in [-0.2, 0) is 5.60 Å². The van der Waals surface area contributed by atoms with Crippen molar-refractivity contribution in [2.24, 2.45) is 0 Å². The molecule has 1 fully saturated rings. The number of likely N-dealkylation sites (tertiary alicyclic amines) is 1. The largest absolute Gasteiger partial charge is 0.385 e. The van der Waals surface area contributed by atoms with Crippen molar-refractivity contribution in [2.75, 3.05) is 20.1 Å². The Labute approximate surface area is 106 Å². The van der Waals surface area contributed by atoms with Crippen LogP contribution >= 0.6 is 11.6 Å². The fourth-order valence-corrected chi connectivity index (χ4v) is 2.55. The summed E-state index contributed by atoms with van der Waals surface area (Å²) in [4.78, 5) is 2.16. The molecule has 1 heterocycles. The Hall–Kier alpha value is -0.640. The molecule has 0 aromatic heterocycles. The third kappa shape index (κ3) is 2.79. The minimum Gasteiger partial charge on any atom is -0.385 e. The van der Waals surface area contributed by atoms with Crippen molar-refractivity contribution in [1.29, 1.82) is 0 Å². The molecule has 1 atom stereocenters. The highest BCUT2D eigenvalue weighted by Gasteiger charge is 2.33. The van der Waals surface area contributed by atoms with Crippen molar-refractivity contribution >= 4 is 11.6 Å². The Morgan fingerprint density at radius 1 is 1.35 bits per heavy atom. The fraction of sp³-hybridized carbons (Fsp3) is 0.538. The first-order valence-electron chi connectivity index (χ1n) is 5.88. The summed E-state index contributed by atoms with van der Waals surface area (Å²) in [6, 6.07) is 4.50. The summed E-state index contributed by atoms with van der Waals surface area (Å²) in [5.41, 5.74) is -0.684. The first-order chi connectivity index (χ1) is 8.01. The van der Waals surface area contributed by atoms with Crippen LogP contribution < -0.4 is 0 Å². The minimum absolute atomic E-state index is 0.362. The van der Waals surface area contributed by atoms with Crippen LogP contribution in [0.4, 0.5) is 4.39 Å². The molecule has 4 heteroatoms. The SMILES string of the molecule is CN1CCCC(O)(c2ccc(Cl)cc2F)CC1. The maximum Gasteiger partial charge on any atom is 0.130 e. The van der Waals surface area contributed by atoms with Gasteiger partial charge in [-0.15, -0.1) is 0 Å². The predicted octanol–water partition coefficient (Wildman–Crippen LogP) is 2.78. The summed E-state index contributed by atoms with van der Waals surface area (Å²) < 4.78 is 13.9. The van der Waals surface area contributed by atoms with Crippen LogP contribution in [0.25, 0.3) is 0 Å². The molecule has 0 amide bonds. The van der Waals surface area contributed by atoms with Gasteiger partial charge in [-0.2, -0.15) is 0 Å². The molecule has 1 aromatic rings. The van der Waals surface area contributed by atoms with Gasteiger partial charge in [0.15, 0.2) is 0 Å². The van der Waals surface area contributed by atoms with Crippen molar-refractivity contribution in [2.45, 2.75) is 24.9 Å². The molecule has 0 aliphatic carbocycles. The summed E-state index contributed by atoms with van der Waals surface area (Å²) in [6.45, 7) is 1.72. The van der Waals surface area contributed by atoms with E-state index in [2.05, 4.69) is 4.90 Å². The zero-order chi connectivity index (χ0) is 12.5. The van der Waals surface area contributed by atoms with Gasteiger partial charge in [0.1, 0.15) is 5.82 Å². The average molecular weight is 258 g/mol. The van der Waals surface area contributed by atoms with E-state index in [0.717, 1.165) is 19.5 Å². The van der Waals surface area contributed by atoms with Crippen LogP contribution in [-0.4, -0.2) is 30.1 Å². The Bertz CT molecular complexity index is 412. The maximum absolute atomic E-state index is 13.9. The molecule has 2 nitrogen and oxygen atoms in total. The number of halogens is 2. The third-order valence-electron chi connectivity index (χ3n) is 3.47. The number of hydrogen-bond donors (Lipinski definition) is 1. The van der Waals surface area contributed by atoms with Gasteiger partial charge < -0.3 is 10.0 Å². The second-order valence-corrected chi connectivity index (χ2v) is 5.25. The molecular weight excluding hydrogens is 241 g/mol. The summed E-state index contributed by atoms with van der Waals surface area (Å²) >= 11 is 5.73. The van der Waals surface area contributed by atoms with E-state index in [0.29, 0.717) is 23.4 Å². The highest BCUT2D eigenvalue weighted by molar-refractivity contribution is 6.30. The van der Waals surface area contributed by atoms with Crippen LogP contribution in [0.15, 0.2) is 18.2 Å². The lowest BCUT2D eigenvalue weighted by Gasteiger charge is -2.27. The Morgan fingerprint density at radius 3 is 2.82 bits per heavy atom. The number of benzene rings is 1. The van der Waals surface area contributed by atoms with Gasteiger partial charge in [0.2, 0.25) is 0 Å². The molecule has 94 valence electrons. The van der Waals surface area contributed by atoms with Crippen molar-refractivity contribution in [3.63, 3.8) is 0 Å². The summed E-state index contributed by atoms with van der Waals surface area (Å²) in [6.07, 6.45) is 2.02. The topological polar surface area (TPSA) is 23.5 Å². The Morgan fingerprint density at radius 2 is 2.12 bits per heavy atom. The maximum atomic E-state index is 13.9. The Kier molecular flexibility index (Phi) is 3.71. The second kappa shape index (κ2) is 4.92. The molecule has 0 radical (unpaired) electrons. The van der Waals surface area contributed by atoms with Gasteiger partial charge in [-0.3, -0.25) is 0 Å². The van der Waals surface area contributed by atoms with E-state index < -0.39 is 11.4 Å². The average Bonchev–Trinajstić information content (AvgIpc) is 2.42. The number of nitrogens with zero attached hydrogens (tertiary/aromatic N) is 1. The van der Waals surface area contributed by atoms with E-state index in [-0.39, 0.29) is 0 Å². The smallest absolute Gasteiger partial charge is 0.130 e. The standard InChI is InChI=1S/C13H17ClFNO/c1-16-7-2-5-13(17,6-8-16)11-4-3-10(14)9-12(11)15/h3-4,9,17H,2,5-8H2,1H3. The van der Waals surface area contributed by atoms with E-state index in [1.54, 1.807) is 12.1 Å². The Balaban J connectivity index is 2.30. The summed E-state index contributed by atoms with van der Waals surface area (Å²) in [5, 5.41) is 11.0. The zero-order valence-electron chi connectivity index (χ0n) is 9.92. The normalized spacial score (nSPS) is 26.8. The van der Waals surface area contributed by atoms with Gasteiger partial charge in [0.05, 0.1) is 5.60 Å².